The number of hydrogen-bond acceptors (Lipinski definition) is 1. The van der Waals surface area contributed by atoms with Gasteiger partial charge in [0.05, 0.1) is 0 Å². The van der Waals surface area contributed by atoms with Crippen LogP contribution in [0.2, 0.25) is 0 Å². The highest BCUT2D eigenvalue weighted by Crippen LogP contribution is 2.22. The van der Waals surface area contributed by atoms with Gasteiger partial charge in [0.25, 0.3) is 0 Å². The van der Waals surface area contributed by atoms with Gasteiger partial charge in [0.2, 0.25) is 0 Å². The van der Waals surface area contributed by atoms with Crippen molar-refractivity contribution in [2.24, 2.45) is 0 Å². The summed E-state index contributed by atoms with van der Waals surface area (Å²) in [5.74, 6) is -0.0505. The highest BCUT2D eigenvalue weighted by molar-refractivity contribution is 6.04. The van der Waals surface area contributed by atoms with E-state index < -0.39 is 0 Å². The highest BCUT2D eigenvalue weighted by atomic mass is 16.1. The van der Waals surface area contributed by atoms with E-state index in [4.69, 9.17) is 0 Å². The molecule has 0 N–H and O–H groups in total. The van der Waals surface area contributed by atoms with Gasteiger partial charge < -0.3 is 0 Å². The van der Waals surface area contributed by atoms with E-state index in [0.29, 0.717) is 5.56 Å². The van der Waals surface area contributed by atoms with Gasteiger partial charge in [-0.05, 0) is 11.0 Å². The minimum absolute atomic E-state index is 0.0505. The Bertz CT molecular complexity index is 398. The molecule has 0 saturated heterocycles. The molecule has 0 spiro atoms. The molecule has 0 amide bonds. The fourth-order valence-electron chi connectivity index (χ4n) is 1.31. The number of carbonyl (C=O) groups excluding carboxylic acids is 1. The van der Waals surface area contributed by atoms with Gasteiger partial charge in [-0.1, -0.05) is 51.6 Å². The van der Waals surface area contributed by atoms with Crippen LogP contribution in [-0.4, -0.2) is 5.78 Å². The zero-order chi connectivity index (χ0) is 11.5. The monoisotopic (exact) mass is 200 g/mol. The Balaban J connectivity index is 3.00. The van der Waals surface area contributed by atoms with E-state index in [1.165, 1.54) is 11.6 Å². The Hall–Kier alpha value is -1.59. The fraction of sp³-hybridized carbons (Fsp3) is 0.286. The number of carbonyl (C=O) groups is 1. The van der Waals surface area contributed by atoms with Crippen molar-refractivity contribution in [3.05, 3.63) is 53.8 Å². The lowest BCUT2D eigenvalue weighted by Crippen LogP contribution is -2.11. The van der Waals surface area contributed by atoms with Gasteiger partial charge in [-0.15, -0.1) is 5.73 Å². The van der Waals surface area contributed by atoms with Crippen LogP contribution in [0, 0.1) is 0 Å². The lowest BCUT2D eigenvalue weighted by Gasteiger charge is -2.18. The maximum absolute atomic E-state index is 11.4. The molecule has 15 heavy (non-hydrogen) atoms. The van der Waals surface area contributed by atoms with Crippen LogP contribution in [0.3, 0.4) is 0 Å². The lowest BCUT2D eigenvalue weighted by atomic mass is 9.86. The summed E-state index contributed by atoms with van der Waals surface area (Å²) >= 11 is 0. The first-order valence-electron chi connectivity index (χ1n) is 4.96. The predicted molar refractivity (Wildman–Crippen MR) is 63.2 cm³/mol. The molecule has 0 aliphatic heterocycles. The minimum atomic E-state index is -0.0505. The highest BCUT2D eigenvalue weighted by Gasteiger charge is 2.13. The molecule has 78 valence electrons. The molecule has 0 atom stereocenters. The van der Waals surface area contributed by atoms with E-state index in [9.17, 15) is 4.79 Å². The van der Waals surface area contributed by atoms with Gasteiger partial charge in [0.15, 0.2) is 5.78 Å². The second kappa shape index (κ2) is 4.29. The molecule has 0 unspecified atom stereocenters. The smallest absolute Gasteiger partial charge is 0.193 e. The summed E-state index contributed by atoms with van der Waals surface area (Å²) < 4.78 is 0. The Morgan fingerprint density at radius 2 is 1.80 bits per heavy atom. The number of hydrogen-bond donors (Lipinski definition) is 0. The van der Waals surface area contributed by atoms with Crippen molar-refractivity contribution in [1.29, 1.82) is 0 Å². The Morgan fingerprint density at radius 1 is 1.27 bits per heavy atom. The van der Waals surface area contributed by atoms with E-state index in [1.807, 2.05) is 24.3 Å². The summed E-state index contributed by atoms with van der Waals surface area (Å²) in [6.07, 6.45) is 1.35. The van der Waals surface area contributed by atoms with Crippen molar-refractivity contribution in [1.82, 2.24) is 0 Å². The Kier molecular flexibility index (Phi) is 3.28. The fourth-order valence-corrected chi connectivity index (χ4v) is 1.31. The van der Waals surface area contributed by atoms with Crippen LogP contribution in [0.1, 0.15) is 36.7 Å². The molecule has 0 saturated carbocycles. The molecular formula is C14H16O. The molecule has 0 radical (unpaired) electrons. The largest absolute Gasteiger partial charge is 0.289 e. The van der Waals surface area contributed by atoms with Crippen LogP contribution in [0.25, 0.3) is 0 Å². The second-order valence-corrected chi connectivity index (χ2v) is 4.54. The normalized spacial score (nSPS) is 10.6. The van der Waals surface area contributed by atoms with Crippen LogP contribution in [0.5, 0.6) is 0 Å². The Labute approximate surface area is 91.1 Å². The van der Waals surface area contributed by atoms with Crippen LogP contribution in [0.15, 0.2) is 42.7 Å². The third-order valence-corrected chi connectivity index (χ3v) is 2.27. The third kappa shape index (κ3) is 2.93. The van der Waals surface area contributed by atoms with Crippen molar-refractivity contribution < 1.29 is 4.79 Å². The van der Waals surface area contributed by atoms with Gasteiger partial charge in [-0.25, -0.2) is 0 Å². The van der Waals surface area contributed by atoms with Gasteiger partial charge in [-0.2, -0.15) is 0 Å². The zero-order valence-electron chi connectivity index (χ0n) is 9.50. The first kappa shape index (κ1) is 11.5. The zero-order valence-corrected chi connectivity index (χ0v) is 9.50. The molecule has 0 heterocycles. The molecule has 0 aliphatic rings. The van der Waals surface area contributed by atoms with Crippen molar-refractivity contribution in [3.8, 4) is 0 Å². The quantitative estimate of drug-likeness (QED) is 0.405. The maximum atomic E-state index is 11.4. The molecular weight excluding hydrogens is 184 g/mol. The molecule has 1 heteroatoms. The average Bonchev–Trinajstić information content (AvgIpc) is 2.17. The molecule has 0 fully saturated rings. The molecule has 1 aromatic rings. The van der Waals surface area contributed by atoms with E-state index in [2.05, 4.69) is 33.1 Å². The van der Waals surface area contributed by atoms with E-state index >= 15 is 0 Å². The van der Waals surface area contributed by atoms with E-state index in [1.54, 1.807) is 0 Å². The average molecular weight is 200 g/mol. The standard InChI is InChI=1S/C14H16O/c1-5-6-13(15)11-7-9-12(10-8-11)14(2,3)4/h6-10H,1H2,2-4H3. The van der Waals surface area contributed by atoms with Crippen molar-refractivity contribution in [2.45, 2.75) is 26.2 Å². The predicted octanol–water partition coefficient (Wildman–Crippen LogP) is 3.51. The van der Waals surface area contributed by atoms with Crippen LogP contribution >= 0.6 is 0 Å². The van der Waals surface area contributed by atoms with Gasteiger partial charge >= 0.3 is 0 Å². The molecule has 0 bridgehead atoms. The van der Waals surface area contributed by atoms with E-state index in [0.717, 1.165) is 0 Å². The van der Waals surface area contributed by atoms with Gasteiger partial charge in [-0.3, -0.25) is 4.79 Å². The third-order valence-electron chi connectivity index (χ3n) is 2.27. The summed E-state index contributed by atoms with van der Waals surface area (Å²) in [5, 5.41) is 0. The summed E-state index contributed by atoms with van der Waals surface area (Å²) in [6.45, 7) is 9.82. The first-order valence-corrected chi connectivity index (χ1v) is 4.96. The number of benzene rings is 1. The Morgan fingerprint density at radius 3 is 2.20 bits per heavy atom. The topological polar surface area (TPSA) is 17.1 Å². The molecule has 0 aromatic heterocycles. The summed E-state index contributed by atoms with van der Waals surface area (Å²) in [6, 6.07) is 7.67. The number of allylic oxidation sites excluding steroid dienone is 1. The summed E-state index contributed by atoms with van der Waals surface area (Å²) in [4.78, 5) is 11.4. The summed E-state index contributed by atoms with van der Waals surface area (Å²) in [7, 11) is 0. The van der Waals surface area contributed by atoms with Crippen molar-refractivity contribution >= 4 is 5.78 Å². The van der Waals surface area contributed by atoms with E-state index in [-0.39, 0.29) is 11.2 Å². The van der Waals surface area contributed by atoms with Crippen LogP contribution in [-0.2, 0) is 5.41 Å². The van der Waals surface area contributed by atoms with Crippen molar-refractivity contribution in [2.75, 3.05) is 0 Å². The number of ketones is 1. The van der Waals surface area contributed by atoms with Crippen molar-refractivity contribution in [3.63, 3.8) is 0 Å². The second-order valence-electron chi connectivity index (χ2n) is 4.54. The van der Waals surface area contributed by atoms with Gasteiger partial charge in [0, 0.05) is 11.6 Å². The van der Waals surface area contributed by atoms with Crippen LogP contribution in [0.4, 0.5) is 0 Å². The maximum Gasteiger partial charge on any atom is 0.193 e. The molecule has 1 rings (SSSR count). The van der Waals surface area contributed by atoms with Crippen LogP contribution < -0.4 is 0 Å². The minimum Gasteiger partial charge on any atom is -0.289 e. The first-order chi connectivity index (χ1) is 6.95. The summed E-state index contributed by atoms with van der Waals surface area (Å²) in [5.41, 5.74) is 4.51. The van der Waals surface area contributed by atoms with Gasteiger partial charge in [0.1, 0.15) is 0 Å². The molecule has 1 nitrogen and oxygen atoms in total. The SMILES string of the molecule is C=C=CC(=O)c1ccc(C(C)(C)C)cc1. The molecule has 1 aromatic carbocycles. The lowest BCUT2D eigenvalue weighted by molar-refractivity contribution is 0.104. The molecule has 0 aliphatic carbocycles. The number of rotatable bonds is 2.